The van der Waals surface area contributed by atoms with Crippen LogP contribution in [0.1, 0.15) is 29.6 Å². The normalized spacial score (nSPS) is 14.5. The van der Waals surface area contributed by atoms with E-state index in [1.807, 2.05) is 0 Å². The predicted octanol–water partition coefficient (Wildman–Crippen LogP) is 2.79. The van der Waals surface area contributed by atoms with Crippen LogP contribution in [0.3, 0.4) is 0 Å². The maximum Gasteiger partial charge on any atom is 0.340 e. The largest absolute Gasteiger partial charge is 0.478 e. The molecule has 1 saturated carbocycles. The molecule has 1 aromatic rings. The molecule has 0 atom stereocenters. The SMILES string of the molecule is CN(CC1CCC1)C(=O)Nc1cccc(F)c1C(=O)O. The maximum absolute atomic E-state index is 13.5. The third kappa shape index (κ3) is 3.07. The summed E-state index contributed by atoms with van der Waals surface area (Å²) in [5, 5.41) is 11.4. The van der Waals surface area contributed by atoms with Gasteiger partial charge in [0, 0.05) is 13.6 Å². The number of aromatic carboxylic acids is 1. The molecule has 1 aromatic carbocycles. The van der Waals surface area contributed by atoms with Crippen LogP contribution in [0.5, 0.6) is 0 Å². The molecule has 1 fully saturated rings. The molecule has 2 N–H and O–H groups in total. The number of carbonyl (C=O) groups is 2. The van der Waals surface area contributed by atoms with Gasteiger partial charge >= 0.3 is 12.0 Å². The van der Waals surface area contributed by atoms with Gasteiger partial charge in [-0.25, -0.2) is 14.0 Å². The molecule has 108 valence electrons. The van der Waals surface area contributed by atoms with Crippen LogP contribution in [0.2, 0.25) is 0 Å². The highest BCUT2D eigenvalue weighted by Gasteiger charge is 2.23. The van der Waals surface area contributed by atoms with Crippen molar-refractivity contribution in [3.63, 3.8) is 0 Å². The average Bonchev–Trinajstić information content (AvgIpc) is 2.33. The summed E-state index contributed by atoms with van der Waals surface area (Å²) in [4.78, 5) is 24.5. The van der Waals surface area contributed by atoms with E-state index in [1.54, 1.807) is 7.05 Å². The molecule has 5 nitrogen and oxygen atoms in total. The second-order valence-corrected chi connectivity index (χ2v) is 5.08. The molecule has 0 heterocycles. The minimum atomic E-state index is -1.40. The Morgan fingerprint density at radius 2 is 2.15 bits per heavy atom. The number of amides is 2. The van der Waals surface area contributed by atoms with Crippen LogP contribution >= 0.6 is 0 Å². The Bertz CT molecular complexity index is 529. The van der Waals surface area contributed by atoms with E-state index in [1.165, 1.54) is 23.5 Å². The fourth-order valence-corrected chi connectivity index (χ4v) is 2.20. The van der Waals surface area contributed by atoms with Crippen LogP contribution < -0.4 is 5.32 Å². The molecule has 2 rings (SSSR count). The number of carbonyl (C=O) groups excluding carboxylic acids is 1. The first-order chi connectivity index (χ1) is 9.49. The number of carboxylic acids is 1. The minimum Gasteiger partial charge on any atom is -0.478 e. The topological polar surface area (TPSA) is 69.6 Å². The Morgan fingerprint density at radius 3 is 2.70 bits per heavy atom. The van der Waals surface area contributed by atoms with Gasteiger partial charge in [0.2, 0.25) is 0 Å². The van der Waals surface area contributed by atoms with E-state index in [9.17, 15) is 14.0 Å². The van der Waals surface area contributed by atoms with Crippen LogP contribution in [0.4, 0.5) is 14.9 Å². The predicted molar refractivity (Wildman–Crippen MR) is 72.3 cm³/mol. The molecule has 1 aliphatic carbocycles. The van der Waals surface area contributed by atoms with Gasteiger partial charge in [0.25, 0.3) is 0 Å². The van der Waals surface area contributed by atoms with Crippen molar-refractivity contribution >= 4 is 17.7 Å². The summed E-state index contributed by atoms with van der Waals surface area (Å²) < 4.78 is 13.5. The first kappa shape index (κ1) is 14.3. The van der Waals surface area contributed by atoms with E-state index in [0.29, 0.717) is 12.5 Å². The van der Waals surface area contributed by atoms with Crippen LogP contribution in [0.25, 0.3) is 0 Å². The molecule has 0 aliphatic heterocycles. The van der Waals surface area contributed by atoms with Crippen molar-refractivity contribution in [3.8, 4) is 0 Å². The molecule has 0 radical (unpaired) electrons. The lowest BCUT2D eigenvalue weighted by Crippen LogP contribution is -2.37. The fraction of sp³-hybridized carbons (Fsp3) is 0.429. The highest BCUT2D eigenvalue weighted by atomic mass is 19.1. The van der Waals surface area contributed by atoms with Gasteiger partial charge in [-0.1, -0.05) is 12.5 Å². The lowest BCUT2D eigenvalue weighted by molar-refractivity contribution is 0.0693. The highest BCUT2D eigenvalue weighted by Crippen LogP contribution is 2.27. The third-order valence-corrected chi connectivity index (χ3v) is 3.57. The number of halogens is 1. The van der Waals surface area contributed by atoms with Crippen LogP contribution in [-0.2, 0) is 0 Å². The van der Waals surface area contributed by atoms with Crippen molar-refractivity contribution in [2.75, 3.05) is 18.9 Å². The third-order valence-electron chi connectivity index (χ3n) is 3.57. The van der Waals surface area contributed by atoms with Crippen molar-refractivity contribution in [1.29, 1.82) is 0 Å². The van der Waals surface area contributed by atoms with Gasteiger partial charge < -0.3 is 15.3 Å². The van der Waals surface area contributed by atoms with E-state index >= 15 is 0 Å². The average molecular weight is 280 g/mol. The number of nitrogens with zero attached hydrogens (tertiary/aromatic N) is 1. The van der Waals surface area contributed by atoms with E-state index < -0.39 is 23.4 Å². The molecule has 6 heteroatoms. The summed E-state index contributed by atoms with van der Waals surface area (Å²) in [6.07, 6.45) is 3.41. The zero-order valence-corrected chi connectivity index (χ0v) is 11.2. The Balaban J connectivity index is 2.07. The summed E-state index contributed by atoms with van der Waals surface area (Å²) >= 11 is 0. The van der Waals surface area contributed by atoms with Gasteiger partial charge in [-0.2, -0.15) is 0 Å². The van der Waals surface area contributed by atoms with Gasteiger partial charge in [0.15, 0.2) is 0 Å². The molecular formula is C14H17FN2O3. The molecule has 2 amide bonds. The van der Waals surface area contributed by atoms with E-state index in [-0.39, 0.29) is 5.69 Å². The van der Waals surface area contributed by atoms with Crippen LogP contribution in [-0.4, -0.2) is 35.6 Å². The Labute approximate surface area is 116 Å². The first-order valence-electron chi connectivity index (χ1n) is 6.53. The van der Waals surface area contributed by atoms with Crippen LogP contribution in [0, 0.1) is 11.7 Å². The number of urea groups is 1. The van der Waals surface area contributed by atoms with Crippen molar-refractivity contribution in [2.45, 2.75) is 19.3 Å². The van der Waals surface area contributed by atoms with Gasteiger partial charge in [-0.15, -0.1) is 0 Å². The monoisotopic (exact) mass is 280 g/mol. The first-order valence-corrected chi connectivity index (χ1v) is 6.53. The second-order valence-electron chi connectivity index (χ2n) is 5.08. The van der Waals surface area contributed by atoms with Crippen molar-refractivity contribution in [2.24, 2.45) is 5.92 Å². The number of hydrogen-bond acceptors (Lipinski definition) is 2. The van der Waals surface area contributed by atoms with Gasteiger partial charge in [0.1, 0.15) is 11.4 Å². The molecule has 0 unspecified atom stereocenters. The zero-order valence-electron chi connectivity index (χ0n) is 11.2. The van der Waals surface area contributed by atoms with E-state index in [2.05, 4.69) is 5.32 Å². The Morgan fingerprint density at radius 1 is 1.45 bits per heavy atom. The molecule has 0 saturated heterocycles. The van der Waals surface area contributed by atoms with Crippen molar-refractivity contribution < 1.29 is 19.1 Å². The standard InChI is InChI=1S/C14H17FN2O3/c1-17(8-9-4-2-5-9)14(20)16-11-7-3-6-10(15)12(11)13(18)19/h3,6-7,9H,2,4-5,8H2,1H3,(H,16,20)(H,18,19). The highest BCUT2D eigenvalue weighted by molar-refractivity contribution is 6.00. The fourth-order valence-electron chi connectivity index (χ4n) is 2.20. The zero-order chi connectivity index (χ0) is 14.7. The lowest BCUT2D eigenvalue weighted by Gasteiger charge is -2.30. The molecule has 20 heavy (non-hydrogen) atoms. The number of hydrogen-bond donors (Lipinski definition) is 2. The molecule has 1 aliphatic rings. The second kappa shape index (κ2) is 5.90. The molecule has 0 bridgehead atoms. The lowest BCUT2D eigenvalue weighted by atomic mass is 9.85. The number of nitrogens with one attached hydrogen (secondary N) is 1. The number of benzene rings is 1. The summed E-state index contributed by atoms with van der Waals surface area (Å²) in [7, 11) is 1.65. The summed E-state index contributed by atoms with van der Waals surface area (Å²) in [5.74, 6) is -1.76. The van der Waals surface area contributed by atoms with Crippen LogP contribution in [0.15, 0.2) is 18.2 Å². The minimum absolute atomic E-state index is 0.0250. The Hall–Kier alpha value is -2.11. The summed E-state index contributed by atoms with van der Waals surface area (Å²) in [5.41, 5.74) is -0.541. The number of rotatable bonds is 4. The van der Waals surface area contributed by atoms with E-state index in [0.717, 1.165) is 18.9 Å². The number of anilines is 1. The summed E-state index contributed by atoms with van der Waals surface area (Å²) in [6.45, 7) is 0.629. The molecular weight excluding hydrogens is 263 g/mol. The number of carboxylic acid groups (broad SMARTS) is 1. The van der Waals surface area contributed by atoms with E-state index in [4.69, 9.17) is 5.11 Å². The molecule has 0 aromatic heterocycles. The Kier molecular flexibility index (Phi) is 4.22. The van der Waals surface area contributed by atoms with Gasteiger partial charge in [-0.05, 0) is 30.9 Å². The quantitative estimate of drug-likeness (QED) is 0.891. The van der Waals surface area contributed by atoms with Crippen molar-refractivity contribution in [1.82, 2.24) is 4.90 Å². The van der Waals surface area contributed by atoms with Gasteiger partial charge in [-0.3, -0.25) is 0 Å². The maximum atomic E-state index is 13.5. The smallest absolute Gasteiger partial charge is 0.340 e. The molecule has 0 spiro atoms. The summed E-state index contributed by atoms with van der Waals surface area (Å²) in [6, 6.07) is 3.37. The van der Waals surface area contributed by atoms with Gasteiger partial charge in [0.05, 0.1) is 5.69 Å². The van der Waals surface area contributed by atoms with Crippen molar-refractivity contribution in [3.05, 3.63) is 29.6 Å².